The molecule has 5 rings (SSSR count). The number of aryl methyl sites for hydroxylation is 2. The molecule has 0 radical (unpaired) electrons. The first-order valence-electron chi connectivity index (χ1n) is 14.5. The fourth-order valence-corrected chi connectivity index (χ4v) is 9.04. The molecule has 4 N–H and O–H groups in total. The topological polar surface area (TPSA) is 125 Å². The van der Waals surface area contributed by atoms with Gasteiger partial charge in [0.05, 0.1) is 24.3 Å². The van der Waals surface area contributed by atoms with Gasteiger partial charge in [-0.05, 0) is 67.6 Å². The van der Waals surface area contributed by atoms with Crippen LogP contribution in [-0.4, -0.2) is 62.9 Å². The maximum atomic E-state index is 12.8. The van der Waals surface area contributed by atoms with Gasteiger partial charge in [0.1, 0.15) is 0 Å². The summed E-state index contributed by atoms with van der Waals surface area (Å²) in [6.45, 7) is 6.92. The first-order chi connectivity index (χ1) is 19.7. The number of nitrogens with one attached hydrogen (secondary N) is 2. The van der Waals surface area contributed by atoms with Gasteiger partial charge in [-0.3, -0.25) is 9.48 Å². The lowest BCUT2D eigenvalue weighted by molar-refractivity contribution is -0.115. The highest BCUT2D eigenvalue weighted by molar-refractivity contribution is 6.71. The van der Waals surface area contributed by atoms with E-state index >= 15 is 0 Å². The van der Waals surface area contributed by atoms with Crippen LogP contribution in [0.1, 0.15) is 36.6 Å². The molecule has 1 aliphatic heterocycles. The number of H-pyrrole nitrogens is 1. The number of fused-ring (bicyclic) bond motifs is 1. The zero-order valence-electron chi connectivity index (χ0n) is 24.1. The fraction of sp³-hybridized carbons (Fsp3) is 0.452. The summed E-state index contributed by atoms with van der Waals surface area (Å²) in [6.07, 6.45) is 7.00. The third kappa shape index (κ3) is 7.13. The van der Waals surface area contributed by atoms with Crippen LogP contribution in [0.3, 0.4) is 0 Å². The third-order valence-corrected chi connectivity index (χ3v) is 10.8. The summed E-state index contributed by atoms with van der Waals surface area (Å²) in [5.74, 6) is 0.197. The SMILES string of the molecule is C[C@H]1[C@H]([Si](C)(C)O)[C@@H](CCn2cc(CCO)nn2)O[C@H]1CCc1cccc(NC(=O)Cc2c[nH]c3ccccc23)c1. The lowest BCUT2D eigenvalue weighted by Crippen LogP contribution is -2.40. The maximum Gasteiger partial charge on any atom is 0.228 e. The average Bonchev–Trinajstić information content (AvgIpc) is 3.64. The summed E-state index contributed by atoms with van der Waals surface area (Å²) in [6, 6.07) is 16.0. The number of carbonyl (C=O) groups excluding carboxylic acids is 1. The number of aromatic nitrogens is 4. The zero-order valence-corrected chi connectivity index (χ0v) is 25.1. The summed E-state index contributed by atoms with van der Waals surface area (Å²) in [4.78, 5) is 27.2. The van der Waals surface area contributed by atoms with Crippen molar-refractivity contribution < 1.29 is 19.4 Å². The number of ether oxygens (including phenoxy) is 1. The number of benzene rings is 2. The molecule has 2 aromatic carbocycles. The van der Waals surface area contributed by atoms with Crippen LogP contribution in [0.4, 0.5) is 5.69 Å². The van der Waals surface area contributed by atoms with E-state index in [9.17, 15) is 9.59 Å². The fourth-order valence-electron chi connectivity index (χ4n) is 6.39. The Morgan fingerprint density at radius 1 is 1.12 bits per heavy atom. The second kappa shape index (κ2) is 12.7. The van der Waals surface area contributed by atoms with Crippen molar-refractivity contribution in [2.45, 2.75) is 76.4 Å². The third-order valence-electron chi connectivity index (χ3n) is 8.27. The molecule has 4 aromatic rings. The lowest BCUT2D eigenvalue weighted by atomic mass is 9.95. The van der Waals surface area contributed by atoms with Crippen LogP contribution < -0.4 is 5.32 Å². The van der Waals surface area contributed by atoms with E-state index in [1.54, 1.807) is 4.68 Å². The molecule has 0 aliphatic carbocycles. The van der Waals surface area contributed by atoms with Gasteiger partial charge < -0.3 is 24.9 Å². The van der Waals surface area contributed by atoms with Gasteiger partial charge in [0.15, 0.2) is 8.32 Å². The van der Waals surface area contributed by atoms with Crippen molar-refractivity contribution >= 4 is 30.8 Å². The molecule has 3 heterocycles. The smallest absolute Gasteiger partial charge is 0.228 e. The Labute approximate surface area is 242 Å². The average molecular weight is 576 g/mol. The molecular formula is C31H41N5O4Si. The van der Waals surface area contributed by atoms with E-state index in [1.165, 1.54) is 0 Å². The Bertz CT molecular complexity index is 1460. The van der Waals surface area contributed by atoms with Gasteiger partial charge in [0.2, 0.25) is 5.91 Å². The molecule has 1 aliphatic rings. The number of carbonyl (C=O) groups is 1. The minimum atomic E-state index is -2.47. The van der Waals surface area contributed by atoms with Gasteiger partial charge in [-0.25, -0.2) is 0 Å². The van der Waals surface area contributed by atoms with Crippen molar-refractivity contribution in [2.24, 2.45) is 5.92 Å². The number of hydrogen-bond donors (Lipinski definition) is 4. The van der Waals surface area contributed by atoms with Gasteiger partial charge in [-0.2, -0.15) is 0 Å². The first kappa shape index (κ1) is 29.2. The van der Waals surface area contributed by atoms with Crippen molar-refractivity contribution in [3.8, 4) is 0 Å². The number of amides is 1. The summed E-state index contributed by atoms with van der Waals surface area (Å²) >= 11 is 0. The van der Waals surface area contributed by atoms with Crippen molar-refractivity contribution in [3.63, 3.8) is 0 Å². The van der Waals surface area contributed by atoms with Crippen LogP contribution in [-0.2, 0) is 35.3 Å². The summed E-state index contributed by atoms with van der Waals surface area (Å²) in [5, 5.41) is 21.6. The summed E-state index contributed by atoms with van der Waals surface area (Å²) < 4.78 is 8.40. The summed E-state index contributed by atoms with van der Waals surface area (Å²) in [5.41, 5.74) is 4.85. The highest BCUT2D eigenvalue weighted by atomic mass is 28.4. The monoisotopic (exact) mass is 575 g/mol. The van der Waals surface area contributed by atoms with Gasteiger partial charge in [0, 0.05) is 54.1 Å². The molecule has 0 spiro atoms. The van der Waals surface area contributed by atoms with E-state index in [4.69, 9.17) is 9.84 Å². The second-order valence-electron chi connectivity index (χ2n) is 11.8. The zero-order chi connectivity index (χ0) is 29.0. The van der Waals surface area contributed by atoms with Crippen molar-refractivity contribution in [2.75, 3.05) is 11.9 Å². The number of para-hydroxylation sites is 1. The quantitative estimate of drug-likeness (QED) is 0.185. The maximum absolute atomic E-state index is 12.8. The van der Waals surface area contributed by atoms with Crippen LogP contribution >= 0.6 is 0 Å². The Kier molecular flexibility index (Phi) is 9.03. The number of aromatic amines is 1. The molecule has 1 amide bonds. The van der Waals surface area contributed by atoms with Crippen LogP contribution in [0.15, 0.2) is 60.9 Å². The molecule has 0 bridgehead atoms. The van der Waals surface area contributed by atoms with E-state index in [1.807, 2.05) is 68.0 Å². The number of aliphatic hydroxyl groups excluding tert-OH is 1. The number of rotatable bonds is 12. The number of anilines is 1. The molecule has 9 nitrogen and oxygen atoms in total. The number of aliphatic hydroxyl groups is 1. The van der Waals surface area contributed by atoms with E-state index in [-0.39, 0.29) is 36.2 Å². The predicted molar refractivity (Wildman–Crippen MR) is 162 cm³/mol. The number of nitrogens with zero attached hydrogens (tertiary/aromatic N) is 3. The number of hydrogen-bond acceptors (Lipinski definition) is 6. The molecule has 4 atom stereocenters. The van der Waals surface area contributed by atoms with Crippen LogP contribution in [0.5, 0.6) is 0 Å². The summed E-state index contributed by atoms with van der Waals surface area (Å²) in [7, 11) is -2.47. The minimum Gasteiger partial charge on any atom is -0.432 e. The van der Waals surface area contributed by atoms with E-state index in [2.05, 4.69) is 33.6 Å². The Morgan fingerprint density at radius 2 is 1.95 bits per heavy atom. The molecule has 10 heteroatoms. The molecular weight excluding hydrogens is 534 g/mol. The molecule has 0 saturated carbocycles. The second-order valence-corrected chi connectivity index (χ2v) is 15.8. The highest BCUT2D eigenvalue weighted by Gasteiger charge is 2.49. The predicted octanol–water partition coefficient (Wildman–Crippen LogP) is 4.47. The standard InChI is InChI=1S/C31H41N5O4Si/c1-21-28(40-29(31(21)41(2,3)39)13-15-36-20-25(14-16-37)34-35-36)12-11-22-7-6-8-24(17-22)33-30(38)18-23-19-32-27-10-5-4-9-26(23)27/h4-10,17,19-21,28-29,31-32,37,39H,11-16,18H2,1-3H3,(H,33,38)/t21-,28+,29-,31+/m1/s1. The molecule has 2 aromatic heterocycles. The molecule has 218 valence electrons. The molecule has 1 saturated heterocycles. The van der Waals surface area contributed by atoms with Gasteiger partial charge in [-0.15, -0.1) is 5.10 Å². The Balaban J connectivity index is 1.17. The molecule has 1 fully saturated rings. The van der Waals surface area contributed by atoms with Crippen LogP contribution in [0.2, 0.25) is 18.6 Å². The van der Waals surface area contributed by atoms with Gasteiger partial charge in [0.25, 0.3) is 0 Å². The largest absolute Gasteiger partial charge is 0.432 e. The van der Waals surface area contributed by atoms with Crippen molar-refractivity contribution in [1.82, 2.24) is 20.0 Å². The first-order valence-corrected chi connectivity index (χ1v) is 17.5. The minimum absolute atomic E-state index is 0.0395. The van der Waals surface area contributed by atoms with Crippen LogP contribution in [0, 0.1) is 5.92 Å². The Morgan fingerprint density at radius 3 is 2.76 bits per heavy atom. The van der Waals surface area contributed by atoms with E-state index in [0.29, 0.717) is 19.4 Å². The lowest BCUT2D eigenvalue weighted by Gasteiger charge is -2.30. The van der Waals surface area contributed by atoms with E-state index in [0.717, 1.165) is 52.7 Å². The van der Waals surface area contributed by atoms with Gasteiger partial charge >= 0.3 is 0 Å². The highest BCUT2D eigenvalue weighted by Crippen LogP contribution is 2.45. The van der Waals surface area contributed by atoms with Crippen molar-refractivity contribution in [1.29, 1.82) is 0 Å². The Hall–Kier alpha value is -3.31. The molecule has 41 heavy (non-hydrogen) atoms. The molecule has 0 unspecified atom stereocenters. The van der Waals surface area contributed by atoms with Gasteiger partial charge in [-0.1, -0.05) is 42.5 Å². The van der Waals surface area contributed by atoms with Crippen molar-refractivity contribution in [3.05, 3.63) is 77.7 Å². The van der Waals surface area contributed by atoms with E-state index < -0.39 is 8.32 Å². The normalized spacial score (nSPS) is 21.0. The van der Waals surface area contributed by atoms with Crippen LogP contribution in [0.25, 0.3) is 10.9 Å².